The molecule has 1 heterocycles. The quantitative estimate of drug-likeness (QED) is 0.342. The Bertz CT molecular complexity index is 1050. The lowest BCUT2D eigenvalue weighted by atomic mass is 10.1. The van der Waals surface area contributed by atoms with Crippen molar-refractivity contribution in [2.24, 2.45) is 0 Å². The summed E-state index contributed by atoms with van der Waals surface area (Å²) in [6.07, 6.45) is 1.53. The summed E-state index contributed by atoms with van der Waals surface area (Å²) in [4.78, 5) is 36.7. The van der Waals surface area contributed by atoms with Gasteiger partial charge in [-0.05, 0) is 61.5 Å². The summed E-state index contributed by atoms with van der Waals surface area (Å²) in [6, 6.07) is 10.9. The standard InChI is InChI=1S/C20H17N3O5S/c1-3-28-19(25)14-6-8-15(9-7-14)22-18(24)17(29-20(22)21)11-13-5-4-12(2)16(10-13)23(26)27/h4-11,21H,3H2,1-2H3. The molecule has 1 aliphatic heterocycles. The van der Waals surface area contributed by atoms with Gasteiger partial charge < -0.3 is 4.74 Å². The number of ether oxygens (including phenoxy) is 1. The van der Waals surface area contributed by atoms with Gasteiger partial charge in [-0.2, -0.15) is 0 Å². The number of rotatable bonds is 5. The van der Waals surface area contributed by atoms with Crippen molar-refractivity contribution in [2.75, 3.05) is 11.5 Å². The normalized spacial score (nSPS) is 15.1. The van der Waals surface area contributed by atoms with E-state index in [0.717, 1.165) is 11.8 Å². The van der Waals surface area contributed by atoms with E-state index in [1.807, 2.05) is 0 Å². The van der Waals surface area contributed by atoms with Crippen molar-refractivity contribution in [3.63, 3.8) is 0 Å². The summed E-state index contributed by atoms with van der Waals surface area (Å²) < 4.78 is 4.93. The molecule has 2 aromatic carbocycles. The van der Waals surface area contributed by atoms with E-state index in [0.29, 0.717) is 22.4 Å². The summed E-state index contributed by atoms with van der Waals surface area (Å²) >= 11 is 0.968. The molecule has 0 spiro atoms. The van der Waals surface area contributed by atoms with E-state index < -0.39 is 16.8 Å². The van der Waals surface area contributed by atoms with Crippen molar-refractivity contribution in [1.29, 1.82) is 5.41 Å². The molecule has 0 radical (unpaired) electrons. The number of anilines is 1. The third kappa shape index (κ3) is 4.19. The number of amidine groups is 1. The molecule has 1 aliphatic rings. The maximum Gasteiger partial charge on any atom is 0.338 e. The Morgan fingerprint density at radius 2 is 1.97 bits per heavy atom. The summed E-state index contributed by atoms with van der Waals surface area (Å²) in [6.45, 7) is 3.62. The van der Waals surface area contributed by atoms with Crippen LogP contribution in [0.4, 0.5) is 11.4 Å². The van der Waals surface area contributed by atoms with Crippen LogP contribution in [-0.2, 0) is 9.53 Å². The third-order valence-corrected chi connectivity index (χ3v) is 5.08. The number of nitrogens with zero attached hydrogens (tertiary/aromatic N) is 2. The molecule has 0 aromatic heterocycles. The number of nitro benzene ring substituents is 1. The molecule has 0 atom stereocenters. The second-order valence-corrected chi connectivity index (χ2v) is 7.16. The van der Waals surface area contributed by atoms with Gasteiger partial charge in [0.1, 0.15) is 0 Å². The average Bonchev–Trinajstić information content (AvgIpc) is 2.96. The van der Waals surface area contributed by atoms with E-state index in [4.69, 9.17) is 10.1 Å². The highest BCUT2D eigenvalue weighted by Crippen LogP contribution is 2.35. The lowest BCUT2D eigenvalue weighted by Crippen LogP contribution is -2.28. The molecule has 3 rings (SSSR count). The predicted octanol–water partition coefficient (Wildman–Crippen LogP) is 4.14. The molecule has 8 nitrogen and oxygen atoms in total. The average molecular weight is 411 g/mol. The fraction of sp³-hybridized carbons (Fsp3) is 0.150. The van der Waals surface area contributed by atoms with Gasteiger partial charge in [0.25, 0.3) is 11.6 Å². The number of amides is 1. The van der Waals surface area contributed by atoms with E-state index in [9.17, 15) is 19.7 Å². The molecular weight excluding hydrogens is 394 g/mol. The highest BCUT2D eigenvalue weighted by molar-refractivity contribution is 8.19. The fourth-order valence-electron chi connectivity index (χ4n) is 2.75. The molecule has 29 heavy (non-hydrogen) atoms. The Morgan fingerprint density at radius 3 is 2.59 bits per heavy atom. The first-order valence-electron chi connectivity index (χ1n) is 8.66. The van der Waals surface area contributed by atoms with Crippen molar-refractivity contribution >= 4 is 46.3 Å². The Morgan fingerprint density at radius 1 is 1.28 bits per heavy atom. The van der Waals surface area contributed by atoms with Crippen molar-refractivity contribution < 1.29 is 19.2 Å². The van der Waals surface area contributed by atoms with Gasteiger partial charge in [-0.25, -0.2) is 4.79 Å². The number of benzene rings is 2. The first kappa shape index (κ1) is 20.3. The number of carbonyl (C=O) groups is 2. The summed E-state index contributed by atoms with van der Waals surface area (Å²) in [5.41, 5.74) is 1.79. The minimum Gasteiger partial charge on any atom is -0.462 e. The Hall–Kier alpha value is -3.46. The third-order valence-electron chi connectivity index (χ3n) is 4.19. The predicted molar refractivity (Wildman–Crippen MR) is 111 cm³/mol. The Balaban J connectivity index is 1.86. The second-order valence-electron chi connectivity index (χ2n) is 6.13. The summed E-state index contributed by atoms with van der Waals surface area (Å²) in [5, 5.41) is 19.3. The van der Waals surface area contributed by atoms with Crippen LogP contribution in [0.1, 0.15) is 28.4 Å². The van der Waals surface area contributed by atoms with Crippen molar-refractivity contribution in [3.8, 4) is 0 Å². The minimum atomic E-state index is -0.472. The van der Waals surface area contributed by atoms with Gasteiger partial charge in [-0.15, -0.1) is 0 Å². The fourth-order valence-corrected chi connectivity index (χ4v) is 3.61. The molecule has 0 saturated carbocycles. The van der Waals surface area contributed by atoms with Gasteiger partial charge in [-0.3, -0.25) is 25.2 Å². The highest BCUT2D eigenvalue weighted by atomic mass is 32.2. The van der Waals surface area contributed by atoms with Crippen LogP contribution in [-0.4, -0.2) is 28.6 Å². The number of aryl methyl sites for hydroxylation is 1. The number of thioether (sulfide) groups is 1. The maximum absolute atomic E-state index is 12.8. The largest absolute Gasteiger partial charge is 0.462 e. The zero-order chi connectivity index (χ0) is 21.1. The zero-order valence-corrected chi connectivity index (χ0v) is 16.5. The minimum absolute atomic E-state index is 0.00625. The smallest absolute Gasteiger partial charge is 0.338 e. The molecule has 0 unspecified atom stereocenters. The number of esters is 1. The van der Waals surface area contributed by atoms with E-state index in [2.05, 4.69) is 0 Å². The lowest BCUT2D eigenvalue weighted by molar-refractivity contribution is -0.385. The molecule has 0 bridgehead atoms. The van der Waals surface area contributed by atoms with Gasteiger partial charge in [0.15, 0.2) is 5.17 Å². The summed E-state index contributed by atoms with van der Waals surface area (Å²) in [5.74, 6) is -0.870. The van der Waals surface area contributed by atoms with E-state index >= 15 is 0 Å². The van der Waals surface area contributed by atoms with Crippen LogP contribution >= 0.6 is 11.8 Å². The van der Waals surface area contributed by atoms with Gasteiger partial charge >= 0.3 is 5.97 Å². The molecule has 1 N–H and O–H groups in total. The number of carbonyl (C=O) groups excluding carboxylic acids is 2. The van der Waals surface area contributed by atoms with E-state index in [1.54, 1.807) is 38.1 Å². The topological polar surface area (TPSA) is 114 Å². The van der Waals surface area contributed by atoms with Crippen LogP contribution in [0.2, 0.25) is 0 Å². The van der Waals surface area contributed by atoms with E-state index in [1.165, 1.54) is 29.2 Å². The molecule has 0 aliphatic carbocycles. The first-order chi connectivity index (χ1) is 13.8. The van der Waals surface area contributed by atoms with Crippen LogP contribution in [0.3, 0.4) is 0 Å². The summed E-state index contributed by atoms with van der Waals surface area (Å²) in [7, 11) is 0. The molecule has 148 valence electrons. The number of hydrogen-bond donors (Lipinski definition) is 1. The van der Waals surface area contributed by atoms with Gasteiger partial charge in [0.05, 0.1) is 27.7 Å². The van der Waals surface area contributed by atoms with Crippen LogP contribution in [0.15, 0.2) is 47.4 Å². The molecule has 1 fully saturated rings. The Labute approximate surface area is 170 Å². The maximum atomic E-state index is 12.8. The van der Waals surface area contributed by atoms with Gasteiger partial charge in [-0.1, -0.05) is 12.1 Å². The van der Waals surface area contributed by atoms with Crippen molar-refractivity contribution in [2.45, 2.75) is 13.8 Å². The van der Waals surface area contributed by atoms with Crippen molar-refractivity contribution in [1.82, 2.24) is 0 Å². The molecule has 1 saturated heterocycles. The lowest BCUT2D eigenvalue weighted by Gasteiger charge is -2.14. The SMILES string of the molecule is CCOC(=O)c1ccc(N2C(=N)SC(=Cc3ccc(C)c([N+](=O)[O-])c3)C2=O)cc1. The van der Waals surface area contributed by atoms with Gasteiger partial charge in [0.2, 0.25) is 0 Å². The molecule has 1 amide bonds. The van der Waals surface area contributed by atoms with Crippen molar-refractivity contribution in [3.05, 3.63) is 74.2 Å². The van der Waals surface area contributed by atoms with Gasteiger partial charge in [0, 0.05) is 11.6 Å². The number of nitro groups is 1. The molecular formula is C20H17N3O5S. The Kier molecular flexibility index (Phi) is 5.79. The number of hydrogen-bond acceptors (Lipinski definition) is 7. The van der Waals surface area contributed by atoms with Crippen LogP contribution in [0.5, 0.6) is 0 Å². The second kappa shape index (κ2) is 8.27. The molecule has 2 aromatic rings. The van der Waals surface area contributed by atoms with E-state index in [-0.39, 0.29) is 22.4 Å². The van der Waals surface area contributed by atoms with Crippen LogP contribution in [0.25, 0.3) is 6.08 Å². The molecule has 9 heteroatoms. The van der Waals surface area contributed by atoms with Crippen LogP contribution < -0.4 is 4.90 Å². The monoisotopic (exact) mass is 411 g/mol. The first-order valence-corrected chi connectivity index (χ1v) is 9.48. The van der Waals surface area contributed by atoms with Crippen LogP contribution in [0, 0.1) is 22.4 Å². The number of nitrogens with one attached hydrogen (secondary N) is 1. The zero-order valence-electron chi connectivity index (χ0n) is 15.7. The highest BCUT2D eigenvalue weighted by Gasteiger charge is 2.33.